The number of fused-ring (bicyclic) bond motifs is 1. The molecule has 0 bridgehead atoms. The predicted molar refractivity (Wildman–Crippen MR) is 123 cm³/mol. The van der Waals surface area contributed by atoms with Gasteiger partial charge in [0.25, 0.3) is 0 Å². The van der Waals surface area contributed by atoms with E-state index in [2.05, 4.69) is 31.7 Å². The van der Waals surface area contributed by atoms with Crippen molar-refractivity contribution >= 4 is 22.9 Å². The lowest BCUT2D eigenvalue weighted by molar-refractivity contribution is 0.248. The summed E-state index contributed by atoms with van der Waals surface area (Å²) in [7, 11) is 5.73. The molecular weight excluding hydrogens is 392 g/mol. The average Bonchev–Trinajstić information content (AvgIpc) is 2.79. The minimum absolute atomic E-state index is 0.268. The Kier molecular flexibility index (Phi) is 7.50. The first-order valence-corrected chi connectivity index (χ1v) is 10.1. The van der Waals surface area contributed by atoms with Crippen LogP contribution in [0.15, 0.2) is 55.4 Å². The predicted octanol–water partition coefficient (Wildman–Crippen LogP) is 3.35. The molecule has 2 heterocycles. The van der Waals surface area contributed by atoms with Crippen molar-refractivity contribution in [2.75, 3.05) is 45.7 Å². The number of anilines is 1. The fourth-order valence-electron chi connectivity index (χ4n) is 2.92. The van der Waals surface area contributed by atoms with Crippen molar-refractivity contribution in [1.29, 1.82) is 0 Å². The molecule has 31 heavy (non-hydrogen) atoms. The molecule has 2 amide bonds. The number of aromatic nitrogens is 3. The molecule has 0 aliphatic heterocycles. The molecule has 0 aliphatic rings. The number of hydrogen-bond donors (Lipinski definition) is 1. The molecule has 0 saturated carbocycles. The SMILES string of the molecule is C=CCNC(=O)N(C)c1cnc2ccc(-c3ccc(OCCCN(C)C)nc3)cc2n1. The summed E-state index contributed by atoms with van der Waals surface area (Å²) >= 11 is 0. The molecule has 3 aromatic rings. The molecule has 162 valence electrons. The molecule has 0 spiro atoms. The Bertz CT molecular complexity index is 1040. The highest BCUT2D eigenvalue weighted by atomic mass is 16.5. The zero-order valence-corrected chi connectivity index (χ0v) is 18.2. The van der Waals surface area contributed by atoms with Gasteiger partial charge in [-0.15, -0.1) is 6.58 Å². The van der Waals surface area contributed by atoms with Crippen LogP contribution in [0.5, 0.6) is 5.88 Å². The van der Waals surface area contributed by atoms with E-state index < -0.39 is 0 Å². The fourth-order valence-corrected chi connectivity index (χ4v) is 2.92. The standard InChI is InChI=1S/C23H28N6O2/c1-5-11-24-23(30)29(4)21-16-25-19-9-7-17(14-20(19)27-21)18-8-10-22(26-15-18)31-13-6-12-28(2)3/h5,7-10,14-16H,1,6,11-13H2,2-4H3,(H,24,30). The van der Waals surface area contributed by atoms with Crippen molar-refractivity contribution < 1.29 is 9.53 Å². The fraction of sp³-hybridized carbons (Fsp3) is 0.304. The van der Waals surface area contributed by atoms with Gasteiger partial charge in [-0.25, -0.2) is 14.8 Å². The van der Waals surface area contributed by atoms with E-state index in [-0.39, 0.29) is 6.03 Å². The van der Waals surface area contributed by atoms with Crippen LogP contribution >= 0.6 is 0 Å². The number of nitrogens with zero attached hydrogens (tertiary/aromatic N) is 5. The Hall–Kier alpha value is -3.52. The van der Waals surface area contributed by atoms with Crippen molar-refractivity contribution in [1.82, 2.24) is 25.2 Å². The van der Waals surface area contributed by atoms with Gasteiger partial charge in [-0.05, 0) is 44.3 Å². The molecule has 0 saturated heterocycles. The third-order valence-corrected chi connectivity index (χ3v) is 4.64. The minimum Gasteiger partial charge on any atom is -0.478 e. The quantitative estimate of drug-likeness (QED) is 0.422. The summed E-state index contributed by atoms with van der Waals surface area (Å²) in [6.45, 7) is 5.59. The second kappa shape index (κ2) is 10.5. The summed E-state index contributed by atoms with van der Waals surface area (Å²) in [5.74, 6) is 1.07. The first kappa shape index (κ1) is 22.2. The Morgan fingerprint density at radius 1 is 1.10 bits per heavy atom. The number of carbonyl (C=O) groups excluding carboxylic acids is 1. The summed E-state index contributed by atoms with van der Waals surface area (Å²) in [5.41, 5.74) is 3.36. The lowest BCUT2D eigenvalue weighted by Gasteiger charge is -2.16. The molecule has 8 nitrogen and oxygen atoms in total. The molecule has 0 unspecified atom stereocenters. The molecule has 3 rings (SSSR count). The zero-order valence-electron chi connectivity index (χ0n) is 18.2. The molecule has 0 radical (unpaired) electrons. The molecule has 0 atom stereocenters. The number of amides is 2. The highest BCUT2D eigenvalue weighted by Gasteiger charge is 2.12. The monoisotopic (exact) mass is 420 g/mol. The van der Waals surface area contributed by atoms with E-state index in [4.69, 9.17) is 4.74 Å². The van der Waals surface area contributed by atoms with Crippen LogP contribution in [0.4, 0.5) is 10.6 Å². The largest absolute Gasteiger partial charge is 0.478 e. The molecule has 1 N–H and O–H groups in total. The van der Waals surface area contributed by atoms with E-state index in [1.165, 1.54) is 4.90 Å². The molecule has 2 aromatic heterocycles. The van der Waals surface area contributed by atoms with E-state index in [9.17, 15) is 4.79 Å². The average molecular weight is 421 g/mol. The molecule has 1 aromatic carbocycles. The summed E-state index contributed by atoms with van der Waals surface area (Å²) in [6.07, 6.45) is 5.94. The summed E-state index contributed by atoms with van der Waals surface area (Å²) in [5, 5.41) is 2.72. The summed E-state index contributed by atoms with van der Waals surface area (Å²) < 4.78 is 5.70. The van der Waals surface area contributed by atoms with Crippen LogP contribution in [-0.4, -0.2) is 66.7 Å². The Morgan fingerprint density at radius 3 is 2.61 bits per heavy atom. The number of rotatable bonds is 9. The smallest absolute Gasteiger partial charge is 0.323 e. The van der Waals surface area contributed by atoms with Crippen LogP contribution in [0.1, 0.15) is 6.42 Å². The van der Waals surface area contributed by atoms with Gasteiger partial charge in [0, 0.05) is 38.0 Å². The van der Waals surface area contributed by atoms with Gasteiger partial charge in [0.2, 0.25) is 5.88 Å². The van der Waals surface area contributed by atoms with Gasteiger partial charge >= 0.3 is 6.03 Å². The van der Waals surface area contributed by atoms with Gasteiger partial charge in [0.1, 0.15) is 0 Å². The Morgan fingerprint density at radius 2 is 1.90 bits per heavy atom. The van der Waals surface area contributed by atoms with E-state index in [0.29, 0.717) is 30.4 Å². The molecular formula is C23H28N6O2. The van der Waals surface area contributed by atoms with E-state index in [0.717, 1.165) is 29.6 Å². The lowest BCUT2D eigenvalue weighted by Crippen LogP contribution is -2.37. The van der Waals surface area contributed by atoms with Gasteiger partial charge in [-0.2, -0.15) is 0 Å². The minimum atomic E-state index is -0.268. The van der Waals surface area contributed by atoms with E-state index in [1.54, 1.807) is 25.5 Å². The second-order valence-corrected chi connectivity index (χ2v) is 7.36. The van der Waals surface area contributed by atoms with E-state index in [1.807, 2.05) is 44.4 Å². The highest BCUT2D eigenvalue weighted by molar-refractivity contribution is 5.91. The second-order valence-electron chi connectivity index (χ2n) is 7.36. The molecule has 8 heteroatoms. The van der Waals surface area contributed by atoms with Gasteiger partial charge < -0.3 is 15.0 Å². The first-order chi connectivity index (χ1) is 15.0. The number of ether oxygens (including phenoxy) is 1. The van der Waals surface area contributed by atoms with Crippen LogP contribution < -0.4 is 15.0 Å². The Labute approximate surface area is 182 Å². The first-order valence-electron chi connectivity index (χ1n) is 10.1. The van der Waals surface area contributed by atoms with Crippen LogP contribution in [0, 0.1) is 0 Å². The number of urea groups is 1. The maximum Gasteiger partial charge on any atom is 0.323 e. The van der Waals surface area contributed by atoms with Gasteiger partial charge in [0.15, 0.2) is 5.82 Å². The third-order valence-electron chi connectivity index (χ3n) is 4.64. The van der Waals surface area contributed by atoms with Crippen LogP contribution in [0.3, 0.4) is 0 Å². The van der Waals surface area contributed by atoms with Crippen molar-refractivity contribution in [3.8, 4) is 17.0 Å². The highest BCUT2D eigenvalue weighted by Crippen LogP contribution is 2.24. The number of benzene rings is 1. The van der Waals surface area contributed by atoms with Gasteiger partial charge in [0.05, 0.1) is 23.8 Å². The maximum atomic E-state index is 12.2. The van der Waals surface area contributed by atoms with Crippen LogP contribution in [-0.2, 0) is 0 Å². The number of nitrogens with one attached hydrogen (secondary N) is 1. The maximum absolute atomic E-state index is 12.2. The third kappa shape index (κ3) is 5.99. The van der Waals surface area contributed by atoms with Crippen LogP contribution in [0.2, 0.25) is 0 Å². The normalized spacial score (nSPS) is 10.8. The van der Waals surface area contributed by atoms with Gasteiger partial charge in [-0.1, -0.05) is 12.1 Å². The van der Waals surface area contributed by atoms with Crippen LogP contribution in [0.25, 0.3) is 22.2 Å². The van der Waals surface area contributed by atoms with Crippen molar-refractivity contribution in [3.63, 3.8) is 0 Å². The zero-order chi connectivity index (χ0) is 22.2. The van der Waals surface area contributed by atoms with Gasteiger partial charge in [-0.3, -0.25) is 9.88 Å². The number of pyridine rings is 1. The van der Waals surface area contributed by atoms with E-state index >= 15 is 0 Å². The summed E-state index contributed by atoms with van der Waals surface area (Å²) in [6, 6.07) is 9.40. The number of hydrogen-bond acceptors (Lipinski definition) is 6. The van der Waals surface area contributed by atoms with Crippen molar-refractivity contribution in [2.45, 2.75) is 6.42 Å². The van der Waals surface area contributed by atoms with Crippen molar-refractivity contribution in [3.05, 3.63) is 55.4 Å². The number of carbonyl (C=O) groups is 1. The van der Waals surface area contributed by atoms with Crippen molar-refractivity contribution in [2.24, 2.45) is 0 Å². The molecule has 0 aliphatic carbocycles. The lowest BCUT2D eigenvalue weighted by atomic mass is 10.1. The topological polar surface area (TPSA) is 83.5 Å². The molecule has 0 fully saturated rings. The Balaban J connectivity index is 1.73. The summed E-state index contributed by atoms with van der Waals surface area (Å²) in [4.78, 5) is 29.1.